The lowest BCUT2D eigenvalue weighted by Crippen LogP contribution is -2.48. The average Bonchev–Trinajstić information content (AvgIpc) is 2.93. The summed E-state index contributed by atoms with van der Waals surface area (Å²) in [5, 5.41) is 0.538. The van der Waals surface area contributed by atoms with Crippen LogP contribution in [0.4, 0.5) is 16.3 Å². The van der Waals surface area contributed by atoms with Gasteiger partial charge in [-0.1, -0.05) is 29.8 Å². The first-order valence-electron chi connectivity index (χ1n) is 14.5. The summed E-state index contributed by atoms with van der Waals surface area (Å²) < 4.78 is 16.6. The number of para-hydroxylation sites is 1. The Bertz CT molecular complexity index is 1460. The van der Waals surface area contributed by atoms with Gasteiger partial charge >= 0.3 is 12.1 Å². The van der Waals surface area contributed by atoms with Gasteiger partial charge in [-0.15, -0.1) is 0 Å². The second-order valence-electron chi connectivity index (χ2n) is 13.0. The Morgan fingerprint density at radius 3 is 2.19 bits per heavy atom. The van der Waals surface area contributed by atoms with Crippen LogP contribution in [0.3, 0.4) is 0 Å². The van der Waals surface area contributed by atoms with Gasteiger partial charge in [0.05, 0.1) is 35.8 Å². The zero-order valence-corrected chi connectivity index (χ0v) is 25.2. The molecule has 4 saturated carbocycles. The number of aromatic nitrogens is 2. The standard InChI is InChI=1S/C33H36ClN3O5/c1-32(2,3)42-31(39)37(26-8-6-5-7-24(26)30(38)40-4)28-18-36-29(19-35-28)41-27-10-9-23(14-25(27)34)33-15-20-11-21(16-33)13-22(12-20)17-33/h5-10,14,18-22H,11-13,15-17H2,1-4H3. The molecule has 1 aromatic heterocycles. The minimum absolute atomic E-state index is 0.149. The number of hydrogen-bond donors (Lipinski definition) is 0. The van der Waals surface area contributed by atoms with Gasteiger partial charge in [-0.2, -0.15) is 0 Å². The van der Waals surface area contributed by atoms with Crippen LogP contribution in [-0.4, -0.2) is 34.7 Å². The number of rotatable bonds is 6. The quantitative estimate of drug-likeness (QED) is 0.267. The number of methoxy groups -OCH3 is 1. The van der Waals surface area contributed by atoms with Crippen molar-refractivity contribution in [1.82, 2.24) is 9.97 Å². The minimum Gasteiger partial charge on any atom is -0.465 e. The van der Waals surface area contributed by atoms with Gasteiger partial charge in [0.2, 0.25) is 5.88 Å². The van der Waals surface area contributed by atoms with Gasteiger partial charge in [0.1, 0.15) is 11.4 Å². The summed E-state index contributed by atoms with van der Waals surface area (Å²) in [5.74, 6) is 2.80. The predicted octanol–water partition coefficient (Wildman–Crippen LogP) is 8.25. The molecule has 2 aromatic carbocycles. The molecule has 0 spiro atoms. The summed E-state index contributed by atoms with van der Waals surface area (Å²) in [6, 6.07) is 12.7. The predicted molar refractivity (Wildman–Crippen MR) is 160 cm³/mol. The molecular weight excluding hydrogens is 554 g/mol. The van der Waals surface area contributed by atoms with E-state index in [1.54, 1.807) is 45.0 Å². The SMILES string of the molecule is COC(=O)c1ccccc1N(C(=O)OC(C)(C)C)c1cnc(Oc2ccc(C34CC5CC(CC(C5)C3)C4)cc2Cl)cn1. The summed E-state index contributed by atoms with van der Waals surface area (Å²) in [7, 11) is 1.28. The molecule has 3 aromatic rings. The lowest BCUT2D eigenvalue weighted by atomic mass is 9.48. The third kappa shape index (κ3) is 5.56. The topological polar surface area (TPSA) is 90.9 Å². The van der Waals surface area contributed by atoms with Crippen LogP contribution in [0.25, 0.3) is 0 Å². The summed E-state index contributed by atoms with van der Waals surface area (Å²) in [4.78, 5) is 35.9. The normalized spacial score (nSPS) is 24.3. The highest BCUT2D eigenvalue weighted by Gasteiger charge is 2.51. The van der Waals surface area contributed by atoms with Crippen LogP contribution in [-0.2, 0) is 14.9 Å². The molecular formula is C33H36ClN3O5. The van der Waals surface area contributed by atoms with Gasteiger partial charge in [-0.25, -0.2) is 24.5 Å². The van der Waals surface area contributed by atoms with Gasteiger partial charge in [0.15, 0.2) is 5.82 Å². The molecule has 0 unspecified atom stereocenters. The molecule has 0 atom stereocenters. The zero-order valence-electron chi connectivity index (χ0n) is 24.4. The molecule has 42 heavy (non-hydrogen) atoms. The highest BCUT2D eigenvalue weighted by Crippen LogP contribution is 2.61. The Hall–Kier alpha value is -3.65. The number of carbonyl (C=O) groups is 2. The fourth-order valence-corrected chi connectivity index (χ4v) is 7.76. The first-order valence-corrected chi connectivity index (χ1v) is 14.9. The summed E-state index contributed by atoms with van der Waals surface area (Å²) in [6.07, 6.45) is 10.0. The number of benzene rings is 2. The third-order valence-electron chi connectivity index (χ3n) is 8.77. The maximum Gasteiger partial charge on any atom is 0.420 e. The van der Waals surface area contributed by atoms with E-state index >= 15 is 0 Å². The summed E-state index contributed by atoms with van der Waals surface area (Å²) in [6.45, 7) is 5.28. The zero-order chi connectivity index (χ0) is 29.6. The van der Waals surface area contributed by atoms with E-state index in [2.05, 4.69) is 22.1 Å². The highest BCUT2D eigenvalue weighted by atomic mass is 35.5. The van der Waals surface area contributed by atoms with Gasteiger partial charge < -0.3 is 14.2 Å². The van der Waals surface area contributed by atoms with Gasteiger partial charge in [0.25, 0.3) is 0 Å². The maximum absolute atomic E-state index is 13.3. The highest BCUT2D eigenvalue weighted by molar-refractivity contribution is 6.32. The van der Waals surface area contributed by atoms with E-state index in [0.29, 0.717) is 10.8 Å². The van der Waals surface area contributed by atoms with Gasteiger partial charge in [-0.3, -0.25) is 0 Å². The van der Waals surface area contributed by atoms with E-state index in [9.17, 15) is 9.59 Å². The number of halogens is 1. The summed E-state index contributed by atoms with van der Waals surface area (Å²) >= 11 is 6.76. The van der Waals surface area contributed by atoms with Crippen molar-refractivity contribution in [3.63, 3.8) is 0 Å². The number of ether oxygens (including phenoxy) is 3. The van der Waals surface area contributed by atoms with Crippen LogP contribution in [0.1, 0.15) is 75.2 Å². The summed E-state index contributed by atoms with van der Waals surface area (Å²) in [5.41, 5.74) is 1.20. The fourth-order valence-electron chi connectivity index (χ4n) is 7.54. The third-order valence-corrected chi connectivity index (χ3v) is 9.06. The minimum atomic E-state index is -0.787. The molecule has 1 heterocycles. The van der Waals surface area contributed by atoms with E-state index in [4.69, 9.17) is 25.8 Å². The van der Waals surface area contributed by atoms with Crippen molar-refractivity contribution in [2.24, 2.45) is 17.8 Å². The molecule has 1 amide bonds. The molecule has 4 bridgehead atoms. The Labute approximate surface area is 251 Å². The van der Waals surface area contributed by atoms with E-state index in [0.717, 1.165) is 17.8 Å². The van der Waals surface area contributed by atoms with Crippen LogP contribution >= 0.6 is 11.6 Å². The van der Waals surface area contributed by atoms with E-state index in [1.807, 2.05) is 6.07 Å². The lowest BCUT2D eigenvalue weighted by Gasteiger charge is -2.57. The van der Waals surface area contributed by atoms with E-state index in [-0.39, 0.29) is 28.4 Å². The first kappa shape index (κ1) is 28.5. The monoisotopic (exact) mass is 589 g/mol. The maximum atomic E-state index is 13.3. The molecule has 0 radical (unpaired) electrons. The van der Waals surface area contributed by atoms with Gasteiger partial charge in [0, 0.05) is 0 Å². The van der Waals surface area contributed by atoms with Crippen molar-refractivity contribution >= 4 is 35.2 Å². The lowest BCUT2D eigenvalue weighted by molar-refractivity contribution is -0.00520. The van der Waals surface area contributed by atoms with Crippen molar-refractivity contribution in [3.8, 4) is 11.6 Å². The van der Waals surface area contributed by atoms with Gasteiger partial charge in [-0.05, 0) is 112 Å². The molecule has 4 aliphatic carbocycles. The van der Waals surface area contributed by atoms with E-state index < -0.39 is 17.7 Å². The molecule has 220 valence electrons. The molecule has 0 N–H and O–H groups in total. The number of hydrogen-bond acceptors (Lipinski definition) is 7. The molecule has 4 fully saturated rings. The average molecular weight is 590 g/mol. The Balaban J connectivity index is 1.25. The Kier molecular flexibility index (Phi) is 7.37. The Morgan fingerprint density at radius 2 is 1.62 bits per heavy atom. The number of amides is 1. The van der Waals surface area contributed by atoms with Crippen molar-refractivity contribution < 1.29 is 23.8 Å². The molecule has 0 saturated heterocycles. The molecule has 9 heteroatoms. The molecule has 0 aliphatic heterocycles. The first-order chi connectivity index (χ1) is 20.0. The van der Waals surface area contributed by atoms with Crippen LogP contribution < -0.4 is 9.64 Å². The van der Waals surface area contributed by atoms with Crippen molar-refractivity contribution in [1.29, 1.82) is 0 Å². The van der Waals surface area contributed by atoms with Crippen LogP contribution in [0.5, 0.6) is 11.6 Å². The van der Waals surface area contributed by atoms with Crippen LogP contribution in [0.15, 0.2) is 54.9 Å². The number of esters is 1. The van der Waals surface area contributed by atoms with Crippen molar-refractivity contribution in [3.05, 3.63) is 71.0 Å². The van der Waals surface area contributed by atoms with Crippen LogP contribution in [0.2, 0.25) is 5.02 Å². The number of anilines is 2. The van der Waals surface area contributed by atoms with Crippen LogP contribution in [0, 0.1) is 17.8 Å². The second kappa shape index (κ2) is 10.9. The van der Waals surface area contributed by atoms with Crippen molar-refractivity contribution in [2.75, 3.05) is 12.0 Å². The number of nitrogens with zero attached hydrogens (tertiary/aromatic N) is 3. The number of carbonyl (C=O) groups excluding carboxylic acids is 2. The van der Waals surface area contributed by atoms with Crippen molar-refractivity contribution in [2.45, 2.75) is 70.3 Å². The molecule has 4 aliphatic rings. The fraction of sp³-hybridized carbons (Fsp3) is 0.455. The molecule has 8 nitrogen and oxygen atoms in total. The second-order valence-corrected chi connectivity index (χ2v) is 13.4. The smallest absolute Gasteiger partial charge is 0.420 e. The Morgan fingerprint density at radius 1 is 0.952 bits per heavy atom. The molecule has 7 rings (SSSR count). The largest absolute Gasteiger partial charge is 0.465 e. The van der Waals surface area contributed by atoms with E-state index in [1.165, 1.54) is 68.5 Å².